The molecule has 0 aliphatic carbocycles. The molecule has 2 aromatic rings. The van der Waals surface area contributed by atoms with Gasteiger partial charge in [0.15, 0.2) is 4.64 Å². The third-order valence-corrected chi connectivity index (χ3v) is 1.41. The maximum Gasteiger partial charge on any atom is 0.152 e. The van der Waals surface area contributed by atoms with Crippen molar-refractivity contribution in [3.63, 3.8) is 0 Å². The van der Waals surface area contributed by atoms with Crippen LogP contribution >= 0.6 is 12.2 Å². The predicted octanol–water partition coefficient (Wildman–Crippen LogP) is 0.477. The molecule has 2 heterocycles. The zero-order chi connectivity index (χ0) is 7.68. The normalized spacial score (nSPS) is 10.2. The number of nitrogens with zero attached hydrogens (tertiary/aromatic N) is 4. The maximum atomic E-state index is 4.81. The summed E-state index contributed by atoms with van der Waals surface area (Å²) in [6.07, 6.45) is 1.57. The lowest BCUT2D eigenvalue weighted by molar-refractivity contribution is 0.900. The Morgan fingerprint density at radius 2 is 2.27 bits per heavy atom. The molecule has 1 N–H and O–H groups in total. The van der Waals surface area contributed by atoms with Crippen LogP contribution in [0, 0.1) is 4.64 Å². The third kappa shape index (κ3) is 1.07. The van der Waals surface area contributed by atoms with Gasteiger partial charge in [-0.05, 0) is 5.21 Å². The van der Waals surface area contributed by atoms with Crippen LogP contribution in [0.1, 0.15) is 0 Å². The second-order valence-corrected chi connectivity index (χ2v) is 2.36. The first-order chi connectivity index (χ1) is 5.36. The van der Waals surface area contributed by atoms with E-state index in [9.17, 15) is 0 Å². The lowest BCUT2D eigenvalue weighted by Crippen LogP contribution is -1.75. The molecule has 2 aromatic heterocycles. The minimum absolute atomic E-state index is 0.400. The molecule has 0 fully saturated rings. The molecule has 0 aromatic carbocycles. The number of nitrogens with one attached hydrogen (secondary N) is 1. The molecule has 0 saturated carbocycles. The van der Waals surface area contributed by atoms with Crippen LogP contribution in [0.5, 0.6) is 0 Å². The molecule has 0 amide bonds. The zero-order valence-electron chi connectivity index (χ0n) is 5.35. The summed E-state index contributed by atoms with van der Waals surface area (Å²) in [5, 5.41) is 17.3. The molecule has 0 bridgehead atoms. The zero-order valence-corrected chi connectivity index (χ0v) is 6.17. The van der Waals surface area contributed by atoms with Crippen molar-refractivity contribution in [2.45, 2.75) is 0 Å². The number of rotatable bonds is 0. The molecule has 0 saturated heterocycles. The van der Waals surface area contributed by atoms with Crippen molar-refractivity contribution in [2.75, 3.05) is 0 Å². The fraction of sp³-hybridized carbons (Fsp3) is 0. The molecule has 0 spiro atoms. The fourth-order valence-electron chi connectivity index (χ4n) is 0.743. The fourth-order valence-corrected chi connectivity index (χ4v) is 0.897. The number of aromatic nitrogens is 5. The van der Waals surface area contributed by atoms with Crippen LogP contribution in [0.15, 0.2) is 12.3 Å². The SMILES string of the molecule is S=c1cc2[nH]ncc2nnn1. The first kappa shape index (κ1) is 6.29. The van der Waals surface area contributed by atoms with Crippen LogP contribution in [-0.2, 0) is 0 Å². The van der Waals surface area contributed by atoms with E-state index in [2.05, 4.69) is 25.6 Å². The monoisotopic (exact) mass is 165 g/mol. The van der Waals surface area contributed by atoms with Crippen molar-refractivity contribution in [1.29, 1.82) is 0 Å². The minimum Gasteiger partial charge on any atom is -0.276 e. The molecule has 0 radical (unpaired) electrons. The number of aromatic amines is 1. The Morgan fingerprint density at radius 1 is 1.36 bits per heavy atom. The topological polar surface area (TPSA) is 67.3 Å². The van der Waals surface area contributed by atoms with Gasteiger partial charge in [-0.2, -0.15) is 5.10 Å². The average molecular weight is 165 g/mol. The number of H-pyrrole nitrogens is 1. The van der Waals surface area contributed by atoms with Gasteiger partial charge >= 0.3 is 0 Å². The highest BCUT2D eigenvalue weighted by Gasteiger charge is 1.92. The lowest BCUT2D eigenvalue weighted by atomic mass is 10.5. The Kier molecular flexibility index (Phi) is 1.32. The predicted molar refractivity (Wildman–Crippen MR) is 40.3 cm³/mol. The van der Waals surface area contributed by atoms with E-state index in [4.69, 9.17) is 12.2 Å². The molecule has 2 rings (SSSR count). The highest BCUT2D eigenvalue weighted by atomic mass is 32.1. The molecule has 0 aliphatic rings. The van der Waals surface area contributed by atoms with Gasteiger partial charge in [0, 0.05) is 6.07 Å². The van der Waals surface area contributed by atoms with Crippen LogP contribution in [0.25, 0.3) is 11.0 Å². The summed E-state index contributed by atoms with van der Waals surface area (Å²) in [4.78, 5) is 0. The molecule has 54 valence electrons. The Labute approximate surface area is 66.5 Å². The van der Waals surface area contributed by atoms with E-state index in [0.29, 0.717) is 10.2 Å². The van der Waals surface area contributed by atoms with Crippen LogP contribution in [0.4, 0.5) is 0 Å². The van der Waals surface area contributed by atoms with Crippen molar-refractivity contribution in [3.8, 4) is 0 Å². The van der Waals surface area contributed by atoms with E-state index in [0.717, 1.165) is 5.52 Å². The molecule has 0 atom stereocenters. The van der Waals surface area contributed by atoms with E-state index in [-0.39, 0.29) is 0 Å². The Morgan fingerprint density at radius 3 is 3.18 bits per heavy atom. The second kappa shape index (κ2) is 2.31. The first-order valence-corrected chi connectivity index (χ1v) is 3.31. The highest BCUT2D eigenvalue weighted by molar-refractivity contribution is 7.71. The molecule has 11 heavy (non-hydrogen) atoms. The molecule has 0 aliphatic heterocycles. The molecule has 6 heteroatoms. The summed E-state index contributed by atoms with van der Waals surface area (Å²) in [5.74, 6) is 0. The third-order valence-electron chi connectivity index (χ3n) is 1.21. The molecule has 5 nitrogen and oxygen atoms in total. The summed E-state index contributed by atoms with van der Waals surface area (Å²) in [5.41, 5.74) is 1.41. The molecular formula is C5H3N5S. The van der Waals surface area contributed by atoms with Gasteiger partial charge in [0.2, 0.25) is 0 Å². The number of hydrogen-bond acceptors (Lipinski definition) is 5. The quantitative estimate of drug-likeness (QED) is 0.575. The molecular weight excluding hydrogens is 162 g/mol. The van der Waals surface area contributed by atoms with E-state index in [1.807, 2.05) is 0 Å². The van der Waals surface area contributed by atoms with Gasteiger partial charge in [0.05, 0.1) is 11.7 Å². The second-order valence-electron chi connectivity index (χ2n) is 1.94. The Hall–Kier alpha value is -1.43. The van der Waals surface area contributed by atoms with Gasteiger partial charge in [-0.25, -0.2) is 0 Å². The average Bonchev–Trinajstić information content (AvgIpc) is 2.31. The van der Waals surface area contributed by atoms with Crippen LogP contribution in [-0.4, -0.2) is 25.6 Å². The highest BCUT2D eigenvalue weighted by Crippen LogP contribution is 2.01. The Bertz CT molecular complexity index is 436. The van der Waals surface area contributed by atoms with Gasteiger partial charge in [-0.15, -0.1) is 10.2 Å². The van der Waals surface area contributed by atoms with Gasteiger partial charge in [0.1, 0.15) is 5.52 Å². The standard InChI is InChI=1S/C5H3N5S/c11-5-1-3-4(2-6-7-3)8-10-9-5/h1-2,7H. The molecule has 0 unspecified atom stereocenters. The van der Waals surface area contributed by atoms with Gasteiger partial charge in [0.25, 0.3) is 0 Å². The summed E-state index contributed by atoms with van der Waals surface area (Å²) in [6, 6.07) is 1.66. The lowest BCUT2D eigenvalue weighted by Gasteiger charge is -1.70. The van der Waals surface area contributed by atoms with Gasteiger partial charge in [-0.1, -0.05) is 12.2 Å². The smallest absolute Gasteiger partial charge is 0.152 e. The summed E-state index contributed by atoms with van der Waals surface area (Å²) in [7, 11) is 0. The Balaban J connectivity index is 3.00. The summed E-state index contributed by atoms with van der Waals surface area (Å²) >= 11 is 4.81. The van der Waals surface area contributed by atoms with Crippen LogP contribution in [0.3, 0.4) is 0 Å². The van der Waals surface area contributed by atoms with Crippen LogP contribution in [0.2, 0.25) is 0 Å². The van der Waals surface area contributed by atoms with Crippen molar-refractivity contribution >= 4 is 23.3 Å². The van der Waals surface area contributed by atoms with Crippen molar-refractivity contribution in [2.24, 2.45) is 0 Å². The van der Waals surface area contributed by atoms with E-state index in [1.54, 1.807) is 12.3 Å². The van der Waals surface area contributed by atoms with Crippen LogP contribution < -0.4 is 0 Å². The van der Waals surface area contributed by atoms with Crippen molar-refractivity contribution in [3.05, 3.63) is 16.9 Å². The summed E-state index contributed by atoms with van der Waals surface area (Å²) in [6.45, 7) is 0. The number of hydrogen-bond donors (Lipinski definition) is 1. The van der Waals surface area contributed by atoms with Gasteiger partial charge < -0.3 is 0 Å². The number of fused-ring (bicyclic) bond motifs is 1. The van der Waals surface area contributed by atoms with E-state index < -0.39 is 0 Å². The first-order valence-electron chi connectivity index (χ1n) is 2.90. The van der Waals surface area contributed by atoms with E-state index in [1.165, 1.54) is 0 Å². The summed E-state index contributed by atoms with van der Waals surface area (Å²) < 4.78 is 0.400. The van der Waals surface area contributed by atoms with Gasteiger partial charge in [-0.3, -0.25) is 5.10 Å². The van der Waals surface area contributed by atoms with Crippen molar-refractivity contribution < 1.29 is 0 Å². The van der Waals surface area contributed by atoms with E-state index >= 15 is 0 Å². The van der Waals surface area contributed by atoms with Crippen molar-refractivity contribution in [1.82, 2.24) is 25.6 Å². The minimum atomic E-state index is 0.400. The largest absolute Gasteiger partial charge is 0.276 e. The maximum absolute atomic E-state index is 4.81.